The molecular formula is C16H18ClFN4O3S. The number of rotatable bonds is 5. The third-order valence-corrected chi connectivity index (χ3v) is 3.91. The molecule has 1 aromatic heterocycles. The molecule has 1 atom stereocenters. The van der Waals surface area contributed by atoms with Crippen LogP contribution in [-0.2, 0) is 4.74 Å². The Morgan fingerprint density at radius 2 is 2.19 bits per heavy atom. The van der Waals surface area contributed by atoms with Gasteiger partial charge in [-0.25, -0.2) is 4.39 Å². The number of hydrazine groups is 1. The first kappa shape index (κ1) is 20.1. The van der Waals surface area contributed by atoms with Gasteiger partial charge in [0.25, 0.3) is 5.91 Å². The van der Waals surface area contributed by atoms with Crippen LogP contribution in [0, 0.1) is 12.7 Å². The number of nitrogens with one attached hydrogen (secondary N) is 3. The Morgan fingerprint density at radius 3 is 2.85 bits per heavy atom. The molecule has 26 heavy (non-hydrogen) atoms. The number of carbonyl (C=O) groups is 1. The van der Waals surface area contributed by atoms with Gasteiger partial charge in [0.1, 0.15) is 22.8 Å². The van der Waals surface area contributed by atoms with Gasteiger partial charge in [-0.1, -0.05) is 22.8 Å². The summed E-state index contributed by atoms with van der Waals surface area (Å²) in [6.07, 6.45) is 0. The Hall–Kier alpha value is -2.23. The predicted molar refractivity (Wildman–Crippen MR) is 99.3 cm³/mol. The van der Waals surface area contributed by atoms with Crippen LogP contribution >= 0.6 is 23.8 Å². The number of thiocarbonyl (C=S) groups is 1. The monoisotopic (exact) mass is 400 g/mol. The van der Waals surface area contributed by atoms with E-state index in [9.17, 15) is 9.18 Å². The molecule has 1 aromatic carbocycles. The molecule has 2 rings (SSSR count). The fourth-order valence-electron chi connectivity index (χ4n) is 2.26. The number of aryl methyl sites for hydroxylation is 1. The molecule has 0 aliphatic heterocycles. The lowest BCUT2D eigenvalue weighted by molar-refractivity contribution is 0.0942. The Balaban J connectivity index is 2.16. The van der Waals surface area contributed by atoms with Crippen LogP contribution in [0.1, 0.15) is 23.0 Å². The van der Waals surface area contributed by atoms with Crippen LogP contribution in [0.4, 0.5) is 4.39 Å². The molecular weight excluding hydrogens is 383 g/mol. The first-order chi connectivity index (χ1) is 12.3. The topological polar surface area (TPSA) is 88.4 Å². The molecule has 3 N–H and O–H groups in total. The van der Waals surface area contributed by atoms with Crippen LogP contribution in [0.5, 0.6) is 0 Å². The van der Waals surface area contributed by atoms with E-state index in [1.54, 1.807) is 7.11 Å². The van der Waals surface area contributed by atoms with E-state index < -0.39 is 11.7 Å². The molecule has 0 fully saturated rings. The number of carbonyl (C=O) groups excluding carboxylic acids is 1. The molecule has 0 unspecified atom stereocenters. The second-order valence-electron chi connectivity index (χ2n) is 5.47. The Bertz CT molecular complexity index is 795. The number of hydrogen-bond donors (Lipinski definition) is 3. The lowest BCUT2D eigenvalue weighted by Gasteiger charge is -2.16. The number of halogens is 2. The number of aromatic nitrogens is 1. The number of ether oxygens (including phenoxy) is 1. The van der Waals surface area contributed by atoms with E-state index in [1.165, 1.54) is 25.1 Å². The number of methoxy groups -OCH3 is 1. The van der Waals surface area contributed by atoms with E-state index in [-0.39, 0.29) is 38.8 Å². The summed E-state index contributed by atoms with van der Waals surface area (Å²) in [6, 6.07) is 4.13. The average Bonchev–Trinajstić information content (AvgIpc) is 2.94. The summed E-state index contributed by atoms with van der Waals surface area (Å²) in [4.78, 5) is 12.5. The summed E-state index contributed by atoms with van der Waals surface area (Å²) < 4.78 is 24.2. The first-order valence-electron chi connectivity index (χ1n) is 7.61. The standard InChI is InChI=1S/C16H18ClFN4O3S/c1-8(7-24-3)19-16(26)21-20-15(23)12-9(2)25-22-14(12)13-10(17)5-4-6-11(13)18/h4-6,8H,7H2,1-3H3,(H,20,23)(H2,19,21,26)/t8-/m1/s1. The van der Waals surface area contributed by atoms with Crippen LogP contribution in [0.25, 0.3) is 11.3 Å². The van der Waals surface area contributed by atoms with Gasteiger partial charge in [-0.05, 0) is 38.2 Å². The van der Waals surface area contributed by atoms with Crippen LogP contribution in [0.3, 0.4) is 0 Å². The van der Waals surface area contributed by atoms with Crippen molar-refractivity contribution in [2.75, 3.05) is 13.7 Å². The van der Waals surface area contributed by atoms with Crippen molar-refractivity contribution in [3.05, 3.63) is 40.4 Å². The summed E-state index contributed by atoms with van der Waals surface area (Å²) in [6.45, 7) is 3.84. The molecule has 0 aliphatic carbocycles. The minimum absolute atomic E-state index is 0.00872. The van der Waals surface area contributed by atoms with Crippen molar-refractivity contribution in [2.45, 2.75) is 19.9 Å². The van der Waals surface area contributed by atoms with E-state index in [0.29, 0.717) is 6.61 Å². The zero-order valence-electron chi connectivity index (χ0n) is 14.4. The van der Waals surface area contributed by atoms with Crippen molar-refractivity contribution in [1.82, 2.24) is 21.3 Å². The summed E-state index contributed by atoms with van der Waals surface area (Å²) >= 11 is 11.1. The van der Waals surface area contributed by atoms with Crippen molar-refractivity contribution in [1.29, 1.82) is 0 Å². The smallest absolute Gasteiger partial charge is 0.275 e. The molecule has 7 nitrogen and oxygen atoms in total. The van der Waals surface area contributed by atoms with E-state index in [1.807, 2.05) is 6.92 Å². The van der Waals surface area contributed by atoms with E-state index in [2.05, 4.69) is 21.3 Å². The number of amides is 1. The highest BCUT2D eigenvalue weighted by atomic mass is 35.5. The molecule has 140 valence electrons. The van der Waals surface area contributed by atoms with Gasteiger partial charge >= 0.3 is 0 Å². The van der Waals surface area contributed by atoms with Gasteiger partial charge in [0, 0.05) is 13.2 Å². The maximum Gasteiger partial charge on any atom is 0.275 e. The van der Waals surface area contributed by atoms with Crippen molar-refractivity contribution in [3.63, 3.8) is 0 Å². The maximum atomic E-state index is 14.2. The fraction of sp³-hybridized carbons (Fsp3) is 0.312. The number of benzene rings is 1. The Morgan fingerprint density at radius 1 is 1.46 bits per heavy atom. The van der Waals surface area contributed by atoms with Gasteiger partial charge in [0.15, 0.2) is 5.11 Å². The van der Waals surface area contributed by atoms with Gasteiger partial charge in [-0.2, -0.15) is 0 Å². The maximum absolute atomic E-state index is 14.2. The lowest BCUT2D eigenvalue weighted by atomic mass is 10.1. The number of nitrogens with zero attached hydrogens (tertiary/aromatic N) is 1. The molecule has 2 aromatic rings. The third kappa shape index (κ3) is 4.69. The second kappa shape index (κ2) is 8.93. The van der Waals surface area contributed by atoms with Crippen molar-refractivity contribution in [3.8, 4) is 11.3 Å². The fourth-order valence-corrected chi connectivity index (χ4v) is 2.77. The van der Waals surface area contributed by atoms with Gasteiger partial charge in [-0.3, -0.25) is 15.6 Å². The van der Waals surface area contributed by atoms with E-state index in [0.717, 1.165) is 0 Å². The summed E-state index contributed by atoms with van der Waals surface area (Å²) in [5, 5.41) is 7.01. The summed E-state index contributed by atoms with van der Waals surface area (Å²) in [5.41, 5.74) is 5.04. The summed E-state index contributed by atoms with van der Waals surface area (Å²) in [7, 11) is 1.57. The minimum Gasteiger partial charge on any atom is -0.383 e. The second-order valence-corrected chi connectivity index (χ2v) is 6.28. The molecule has 0 saturated carbocycles. The van der Waals surface area contributed by atoms with Crippen LogP contribution < -0.4 is 16.2 Å². The van der Waals surface area contributed by atoms with Crippen molar-refractivity contribution < 1.29 is 18.4 Å². The van der Waals surface area contributed by atoms with E-state index >= 15 is 0 Å². The molecule has 0 aliphatic rings. The zero-order chi connectivity index (χ0) is 19.3. The quantitative estimate of drug-likeness (QED) is 0.525. The van der Waals surface area contributed by atoms with Gasteiger partial charge in [-0.15, -0.1) is 0 Å². The van der Waals surface area contributed by atoms with Gasteiger partial charge in [0.2, 0.25) is 0 Å². The molecule has 0 radical (unpaired) electrons. The normalized spacial score (nSPS) is 11.7. The zero-order valence-corrected chi connectivity index (χ0v) is 15.9. The van der Waals surface area contributed by atoms with Gasteiger partial charge < -0.3 is 14.6 Å². The molecule has 1 heterocycles. The van der Waals surface area contributed by atoms with E-state index in [4.69, 9.17) is 33.1 Å². The summed E-state index contributed by atoms with van der Waals surface area (Å²) in [5.74, 6) is -0.995. The molecule has 0 saturated heterocycles. The van der Waals surface area contributed by atoms with Crippen molar-refractivity contribution >= 4 is 34.8 Å². The Kier molecular flexibility index (Phi) is 6.90. The molecule has 0 bridgehead atoms. The molecule has 1 amide bonds. The average molecular weight is 401 g/mol. The van der Waals surface area contributed by atoms with Crippen LogP contribution in [-0.4, -0.2) is 35.9 Å². The number of hydrogen-bond acceptors (Lipinski definition) is 5. The highest BCUT2D eigenvalue weighted by Crippen LogP contribution is 2.33. The first-order valence-corrected chi connectivity index (χ1v) is 8.40. The third-order valence-electron chi connectivity index (χ3n) is 3.37. The Labute approximate surface area is 160 Å². The van der Waals surface area contributed by atoms with Gasteiger partial charge in [0.05, 0.1) is 17.2 Å². The predicted octanol–water partition coefficient (Wildman–Crippen LogP) is 2.59. The minimum atomic E-state index is -0.613. The van der Waals surface area contributed by atoms with Crippen molar-refractivity contribution in [2.24, 2.45) is 0 Å². The van der Waals surface area contributed by atoms with Crippen LogP contribution in [0.2, 0.25) is 5.02 Å². The highest BCUT2D eigenvalue weighted by molar-refractivity contribution is 7.80. The lowest BCUT2D eigenvalue weighted by Crippen LogP contribution is -2.50. The molecule has 0 spiro atoms. The highest BCUT2D eigenvalue weighted by Gasteiger charge is 2.25. The molecule has 10 heteroatoms. The largest absolute Gasteiger partial charge is 0.383 e. The van der Waals surface area contributed by atoms with Crippen LogP contribution in [0.15, 0.2) is 22.7 Å². The SMILES string of the molecule is COC[C@@H](C)NC(=S)NNC(=O)c1c(-c2c(F)cccc2Cl)noc1C.